The van der Waals surface area contributed by atoms with E-state index in [-0.39, 0.29) is 30.3 Å². The highest BCUT2D eigenvalue weighted by molar-refractivity contribution is 7.87. The van der Waals surface area contributed by atoms with Crippen molar-refractivity contribution in [2.24, 2.45) is 5.73 Å². The Morgan fingerprint density at radius 2 is 1.25 bits per heavy atom. The number of hydrogen-bond donors (Lipinski definition) is 1. The van der Waals surface area contributed by atoms with Crippen LogP contribution in [0.25, 0.3) is 0 Å². The molecule has 0 aromatic heterocycles. The molecular weight excluding hydrogens is 530 g/mol. The summed E-state index contributed by atoms with van der Waals surface area (Å²) in [4.78, 5) is 25.8. The number of hydrogen-bond acceptors (Lipinski definition) is 8. The fourth-order valence-corrected chi connectivity index (χ4v) is 4.92. The summed E-state index contributed by atoms with van der Waals surface area (Å²) in [6, 6.07) is 30.9. The Morgan fingerprint density at radius 1 is 0.700 bits per heavy atom. The third-order valence-electron chi connectivity index (χ3n) is 6.08. The molecule has 0 heterocycles. The molecule has 2 unspecified atom stereocenters. The van der Waals surface area contributed by atoms with E-state index in [1.54, 1.807) is 30.3 Å². The van der Waals surface area contributed by atoms with Crippen LogP contribution in [-0.4, -0.2) is 26.4 Å². The first-order valence-corrected chi connectivity index (χ1v) is 14.0. The molecule has 0 radical (unpaired) electrons. The average Bonchev–Trinajstić information content (AvgIpc) is 2.98. The van der Waals surface area contributed by atoms with Crippen LogP contribution in [-0.2, 0) is 42.4 Å². The number of carbonyl (C=O) groups excluding carboxylic acids is 2. The Labute approximate surface area is 233 Å². The predicted octanol–water partition coefficient (Wildman–Crippen LogP) is 4.74. The van der Waals surface area contributed by atoms with Gasteiger partial charge in [0.1, 0.15) is 29.9 Å². The summed E-state index contributed by atoms with van der Waals surface area (Å²) in [5.74, 6) is -2.17. The van der Waals surface area contributed by atoms with Crippen LogP contribution >= 0.6 is 0 Å². The summed E-state index contributed by atoms with van der Waals surface area (Å²) in [7, 11) is -4.11. The highest BCUT2D eigenvalue weighted by atomic mass is 32.2. The molecule has 0 aliphatic carbocycles. The van der Waals surface area contributed by atoms with Gasteiger partial charge in [-0.2, -0.15) is 8.42 Å². The largest absolute Gasteiger partial charge is 0.461 e. The monoisotopic (exact) mass is 559 g/mol. The van der Waals surface area contributed by atoms with Gasteiger partial charge in [-0.1, -0.05) is 91.0 Å². The van der Waals surface area contributed by atoms with Crippen molar-refractivity contribution in [3.8, 4) is 5.75 Å². The molecular formula is C31H29NO7S. The zero-order valence-electron chi connectivity index (χ0n) is 21.6. The van der Waals surface area contributed by atoms with Crippen LogP contribution in [0.15, 0.2) is 120 Å². The van der Waals surface area contributed by atoms with E-state index in [2.05, 4.69) is 0 Å². The van der Waals surface area contributed by atoms with Crippen LogP contribution in [0.5, 0.6) is 5.75 Å². The number of ether oxygens (including phenoxy) is 2. The smallest absolute Gasteiger partial charge is 0.339 e. The maximum atomic E-state index is 13.0. The first kappa shape index (κ1) is 28.5. The molecule has 8 nitrogen and oxygen atoms in total. The van der Waals surface area contributed by atoms with Crippen LogP contribution < -0.4 is 9.92 Å². The first-order valence-electron chi connectivity index (χ1n) is 12.6. The zero-order valence-corrected chi connectivity index (χ0v) is 22.4. The molecule has 4 rings (SSSR count). The average molecular weight is 560 g/mol. The van der Waals surface area contributed by atoms with Crippen LogP contribution in [0.1, 0.15) is 29.0 Å². The Kier molecular flexibility index (Phi) is 9.66. The van der Waals surface area contributed by atoms with Gasteiger partial charge in [-0.25, -0.2) is 0 Å². The summed E-state index contributed by atoms with van der Waals surface area (Å²) < 4.78 is 41.7. The zero-order chi connectivity index (χ0) is 28.4. The van der Waals surface area contributed by atoms with E-state index in [0.717, 1.165) is 11.1 Å². The van der Waals surface area contributed by atoms with Crippen molar-refractivity contribution >= 4 is 22.1 Å². The van der Waals surface area contributed by atoms with E-state index in [0.29, 0.717) is 5.56 Å². The highest BCUT2D eigenvalue weighted by Gasteiger charge is 2.31. The Bertz CT molecular complexity index is 1510. The number of benzene rings is 4. The van der Waals surface area contributed by atoms with Crippen LogP contribution in [0.3, 0.4) is 0 Å². The fourth-order valence-electron chi connectivity index (χ4n) is 3.98. The molecule has 4 aromatic rings. The maximum Gasteiger partial charge on any atom is 0.339 e. The van der Waals surface area contributed by atoms with Crippen molar-refractivity contribution in [1.29, 1.82) is 0 Å². The van der Waals surface area contributed by atoms with E-state index in [4.69, 9.17) is 19.4 Å². The topological polar surface area (TPSA) is 122 Å². The molecule has 40 heavy (non-hydrogen) atoms. The molecule has 2 atom stereocenters. The summed E-state index contributed by atoms with van der Waals surface area (Å²) >= 11 is 0. The molecule has 2 N–H and O–H groups in total. The van der Waals surface area contributed by atoms with E-state index in [1.165, 1.54) is 24.3 Å². The summed E-state index contributed by atoms with van der Waals surface area (Å²) in [6.07, 6.45) is -0.247. The lowest BCUT2D eigenvalue weighted by Crippen LogP contribution is -2.39. The SMILES string of the molecule is NC(C(=O)OCc1ccccc1)C(CC(=O)OCc1ccccc1)c1cccc(OS(=O)(=O)c2ccccc2)c1. The molecule has 0 bridgehead atoms. The van der Waals surface area contributed by atoms with E-state index in [1.807, 2.05) is 60.7 Å². The van der Waals surface area contributed by atoms with Gasteiger partial charge in [0.15, 0.2) is 0 Å². The normalized spacial score (nSPS) is 12.6. The van der Waals surface area contributed by atoms with Gasteiger partial charge < -0.3 is 19.4 Å². The molecule has 0 amide bonds. The van der Waals surface area contributed by atoms with Crippen LogP contribution in [0.4, 0.5) is 0 Å². The third-order valence-corrected chi connectivity index (χ3v) is 7.34. The van der Waals surface area contributed by atoms with Crippen molar-refractivity contribution < 1.29 is 31.7 Å². The first-order chi connectivity index (χ1) is 19.3. The predicted molar refractivity (Wildman–Crippen MR) is 149 cm³/mol. The molecule has 4 aromatic carbocycles. The number of esters is 2. The van der Waals surface area contributed by atoms with Gasteiger partial charge in [-0.15, -0.1) is 0 Å². The minimum Gasteiger partial charge on any atom is -0.461 e. The van der Waals surface area contributed by atoms with Crippen molar-refractivity contribution in [3.63, 3.8) is 0 Å². The van der Waals surface area contributed by atoms with Gasteiger partial charge in [-0.3, -0.25) is 9.59 Å². The van der Waals surface area contributed by atoms with E-state index in [9.17, 15) is 18.0 Å². The molecule has 0 fully saturated rings. The van der Waals surface area contributed by atoms with Crippen molar-refractivity contribution in [3.05, 3.63) is 132 Å². The molecule has 0 aliphatic rings. The molecule has 0 aliphatic heterocycles. The molecule has 0 saturated carbocycles. The van der Waals surface area contributed by atoms with E-state index < -0.39 is 34.0 Å². The summed E-state index contributed by atoms with van der Waals surface area (Å²) in [5, 5.41) is 0. The lowest BCUT2D eigenvalue weighted by Gasteiger charge is -2.23. The Balaban J connectivity index is 1.53. The maximum absolute atomic E-state index is 13.0. The van der Waals surface area contributed by atoms with Gasteiger partial charge in [0.25, 0.3) is 0 Å². The van der Waals surface area contributed by atoms with E-state index >= 15 is 0 Å². The minimum atomic E-state index is -4.11. The van der Waals surface area contributed by atoms with Crippen molar-refractivity contribution in [2.75, 3.05) is 0 Å². The second kappa shape index (κ2) is 13.5. The Morgan fingerprint density at radius 3 is 1.85 bits per heavy atom. The van der Waals surface area contributed by atoms with Crippen molar-refractivity contribution in [1.82, 2.24) is 0 Å². The summed E-state index contributed by atoms with van der Waals surface area (Å²) in [6.45, 7) is 0.0651. The number of rotatable bonds is 12. The Hall–Kier alpha value is -4.47. The van der Waals surface area contributed by atoms with Crippen LogP contribution in [0.2, 0.25) is 0 Å². The van der Waals surface area contributed by atoms with Gasteiger partial charge in [0, 0.05) is 5.92 Å². The lowest BCUT2D eigenvalue weighted by molar-refractivity contribution is -0.149. The second-order valence-electron chi connectivity index (χ2n) is 9.00. The second-order valence-corrected chi connectivity index (χ2v) is 10.5. The quantitative estimate of drug-likeness (QED) is 0.195. The molecule has 0 spiro atoms. The third kappa shape index (κ3) is 8.02. The van der Waals surface area contributed by atoms with Crippen LogP contribution in [0, 0.1) is 0 Å². The van der Waals surface area contributed by atoms with Gasteiger partial charge >= 0.3 is 22.1 Å². The minimum absolute atomic E-state index is 0.00820. The highest BCUT2D eigenvalue weighted by Crippen LogP contribution is 2.29. The fraction of sp³-hybridized carbons (Fsp3) is 0.161. The van der Waals surface area contributed by atoms with Gasteiger partial charge in [0.05, 0.1) is 6.42 Å². The summed E-state index contributed by atoms with van der Waals surface area (Å²) in [5.41, 5.74) is 8.35. The van der Waals surface area contributed by atoms with Crippen molar-refractivity contribution in [2.45, 2.75) is 36.5 Å². The number of carbonyl (C=O) groups is 2. The van der Waals surface area contributed by atoms with Gasteiger partial charge in [-0.05, 0) is 41.0 Å². The molecule has 206 valence electrons. The lowest BCUT2D eigenvalue weighted by atomic mass is 9.88. The molecule has 0 saturated heterocycles. The standard InChI is InChI=1S/C31H29NO7S/c32-30(31(34)38-22-24-13-6-2-7-14-24)28(20-29(33)37-21-23-11-4-1-5-12-23)25-15-10-16-26(19-25)39-40(35,36)27-17-8-3-9-18-27/h1-19,28,30H,20-22,32H2. The molecule has 9 heteroatoms. The van der Waals surface area contributed by atoms with Gasteiger partial charge in [0.2, 0.25) is 0 Å². The number of nitrogens with two attached hydrogens (primary N) is 1.